The molecule has 0 saturated carbocycles. The molecule has 0 radical (unpaired) electrons. The Bertz CT molecular complexity index is 1440. The number of aromatic hydroxyl groups is 1. The summed E-state index contributed by atoms with van der Waals surface area (Å²) >= 11 is 5.84. The monoisotopic (exact) mass is 527 g/mol. The van der Waals surface area contributed by atoms with E-state index in [1.54, 1.807) is 12.1 Å². The van der Waals surface area contributed by atoms with E-state index in [1.165, 1.54) is 36.5 Å². The van der Waals surface area contributed by atoms with Crippen molar-refractivity contribution in [3.05, 3.63) is 101 Å². The van der Waals surface area contributed by atoms with Gasteiger partial charge in [0.15, 0.2) is 0 Å². The molecule has 190 valence electrons. The summed E-state index contributed by atoms with van der Waals surface area (Å²) in [6, 6.07) is 20.0. The predicted octanol–water partition coefficient (Wildman–Crippen LogP) is 6.47. The van der Waals surface area contributed by atoms with Crippen molar-refractivity contribution < 1.29 is 27.8 Å². The molecule has 0 bridgehead atoms. The van der Waals surface area contributed by atoms with E-state index < -0.39 is 17.6 Å². The summed E-state index contributed by atoms with van der Waals surface area (Å²) in [5.74, 6) is 0.0264. The molecule has 0 unspecified atom stereocenters. The Morgan fingerprint density at radius 2 is 1.73 bits per heavy atom. The molecule has 0 aliphatic carbocycles. The topological polar surface area (TPSA) is 83.0 Å². The van der Waals surface area contributed by atoms with E-state index >= 15 is 0 Å². The lowest BCUT2D eigenvalue weighted by Gasteiger charge is -2.13. The molecule has 0 atom stereocenters. The fourth-order valence-corrected chi connectivity index (χ4v) is 3.72. The first-order valence-electron chi connectivity index (χ1n) is 11.1. The summed E-state index contributed by atoms with van der Waals surface area (Å²) in [5, 5.41) is 18.3. The quantitative estimate of drug-likeness (QED) is 0.139. The number of nitrogens with zero attached hydrogens (tertiary/aromatic N) is 1. The summed E-state index contributed by atoms with van der Waals surface area (Å²) < 4.78 is 44.0. The van der Waals surface area contributed by atoms with E-state index in [-0.39, 0.29) is 22.9 Å². The van der Waals surface area contributed by atoms with Crippen molar-refractivity contribution in [3.63, 3.8) is 0 Å². The number of hydrogen-bond acceptors (Lipinski definition) is 5. The molecule has 0 heterocycles. The zero-order valence-electron chi connectivity index (χ0n) is 19.2. The molecule has 0 fully saturated rings. The van der Waals surface area contributed by atoms with E-state index in [2.05, 4.69) is 15.8 Å². The second-order valence-corrected chi connectivity index (χ2v) is 8.32. The van der Waals surface area contributed by atoms with Gasteiger partial charge in [-0.25, -0.2) is 5.43 Å². The maximum Gasteiger partial charge on any atom is 0.416 e. The number of fused-ring (bicyclic) bond motifs is 1. The van der Waals surface area contributed by atoms with Crippen LogP contribution in [0.3, 0.4) is 0 Å². The summed E-state index contributed by atoms with van der Waals surface area (Å²) in [4.78, 5) is 12.3. The Hall–Kier alpha value is -4.24. The fourth-order valence-electron chi connectivity index (χ4n) is 3.54. The number of hydrogen-bond donors (Lipinski definition) is 3. The smallest absolute Gasteiger partial charge is 0.416 e. The van der Waals surface area contributed by atoms with Gasteiger partial charge in [-0.05, 0) is 60.0 Å². The number of halogens is 4. The molecule has 4 rings (SSSR count). The summed E-state index contributed by atoms with van der Waals surface area (Å²) in [7, 11) is 0. The lowest BCUT2D eigenvalue weighted by molar-refractivity contribution is -0.137. The SMILES string of the molecule is O=C(N/N=C/c1ccc(OCCNc2ccc(C(F)(F)F)cc2)c2ccccc12)c1ccc(O)c(Cl)c1. The molecular formula is C27H21ClF3N3O3. The van der Waals surface area contributed by atoms with E-state index in [0.717, 1.165) is 28.5 Å². The number of amides is 1. The highest BCUT2D eigenvalue weighted by molar-refractivity contribution is 6.32. The van der Waals surface area contributed by atoms with Crippen LogP contribution >= 0.6 is 11.6 Å². The van der Waals surface area contributed by atoms with Crippen LogP contribution in [-0.4, -0.2) is 30.4 Å². The summed E-state index contributed by atoms with van der Waals surface area (Å²) in [5.41, 5.74) is 3.28. The van der Waals surface area contributed by atoms with E-state index in [1.807, 2.05) is 24.3 Å². The van der Waals surface area contributed by atoms with Crippen LogP contribution in [0.4, 0.5) is 18.9 Å². The molecule has 0 aliphatic rings. The van der Waals surface area contributed by atoms with Crippen molar-refractivity contribution in [1.82, 2.24) is 5.43 Å². The Balaban J connectivity index is 1.38. The normalized spacial score (nSPS) is 11.6. The first-order chi connectivity index (χ1) is 17.7. The van der Waals surface area contributed by atoms with Crippen LogP contribution < -0.4 is 15.5 Å². The number of phenols is 1. The average Bonchev–Trinajstić information content (AvgIpc) is 2.88. The van der Waals surface area contributed by atoms with E-state index in [9.17, 15) is 23.1 Å². The molecule has 4 aromatic carbocycles. The van der Waals surface area contributed by atoms with Gasteiger partial charge in [0, 0.05) is 28.7 Å². The van der Waals surface area contributed by atoms with Crippen molar-refractivity contribution in [3.8, 4) is 11.5 Å². The Morgan fingerprint density at radius 1 is 1.00 bits per heavy atom. The number of benzene rings is 4. The van der Waals surface area contributed by atoms with Crippen LogP contribution in [0.5, 0.6) is 11.5 Å². The zero-order valence-corrected chi connectivity index (χ0v) is 20.0. The minimum atomic E-state index is -4.37. The van der Waals surface area contributed by atoms with Crippen LogP contribution in [0.1, 0.15) is 21.5 Å². The number of nitrogens with one attached hydrogen (secondary N) is 2. The second kappa shape index (κ2) is 11.2. The third-order valence-electron chi connectivity index (χ3n) is 5.40. The number of hydrazone groups is 1. The number of phenolic OH excluding ortho intramolecular Hbond substituents is 1. The molecule has 4 aromatic rings. The van der Waals surface area contributed by atoms with Gasteiger partial charge >= 0.3 is 6.18 Å². The van der Waals surface area contributed by atoms with E-state index in [4.69, 9.17) is 16.3 Å². The number of rotatable bonds is 8. The Kier molecular flexibility index (Phi) is 7.83. The van der Waals surface area contributed by atoms with Crippen LogP contribution in [-0.2, 0) is 6.18 Å². The average molecular weight is 528 g/mol. The highest BCUT2D eigenvalue weighted by atomic mass is 35.5. The fraction of sp³-hybridized carbons (Fsp3) is 0.111. The van der Waals surface area contributed by atoms with Crippen molar-refractivity contribution in [2.45, 2.75) is 6.18 Å². The Morgan fingerprint density at radius 3 is 2.43 bits per heavy atom. The van der Waals surface area contributed by atoms with Gasteiger partial charge in [-0.1, -0.05) is 35.9 Å². The van der Waals surface area contributed by atoms with Gasteiger partial charge in [0.1, 0.15) is 18.1 Å². The van der Waals surface area contributed by atoms with Crippen LogP contribution in [0.2, 0.25) is 5.02 Å². The van der Waals surface area contributed by atoms with Gasteiger partial charge in [0.05, 0.1) is 16.8 Å². The summed E-state index contributed by atoms with van der Waals surface area (Å²) in [6.07, 6.45) is -2.86. The Labute approximate surface area is 215 Å². The van der Waals surface area contributed by atoms with Crippen molar-refractivity contribution in [1.29, 1.82) is 0 Å². The molecule has 3 N–H and O–H groups in total. The first kappa shape index (κ1) is 25.8. The number of anilines is 1. The first-order valence-corrected chi connectivity index (χ1v) is 11.5. The molecule has 37 heavy (non-hydrogen) atoms. The molecule has 0 spiro atoms. The van der Waals surface area contributed by atoms with Crippen LogP contribution in [0.25, 0.3) is 10.8 Å². The minimum absolute atomic E-state index is 0.0628. The highest BCUT2D eigenvalue weighted by Gasteiger charge is 2.29. The highest BCUT2D eigenvalue weighted by Crippen LogP contribution is 2.30. The maximum absolute atomic E-state index is 12.7. The second-order valence-electron chi connectivity index (χ2n) is 7.91. The predicted molar refractivity (Wildman–Crippen MR) is 138 cm³/mol. The summed E-state index contributed by atoms with van der Waals surface area (Å²) in [6.45, 7) is 0.667. The van der Waals surface area contributed by atoms with Gasteiger partial charge in [-0.3, -0.25) is 4.79 Å². The standard InChI is InChI=1S/C27H21ClF3N3O3/c28-23-15-17(5-11-24(23)35)26(36)34-33-16-18-6-12-25(22-4-2-1-3-21(18)22)37-14-13-32-20-9-7-19(8-10-20)27(29,30)31/h1-12,15-16,32,35H,13-14H2,(H,34,36)/b33-16+. The number of carbonyl (C=O) groups is 1. The minimum Gasteiger partial charge on any atom is -0.506 e. The van der Waals surface area contributed by atoms with Crippen LogP contribution in [0.15, 0.2) is 84.0 Å². The largest absolute Gasteiger partial charge is 0.506 e. The van der Waals surface area contributed by atoms with Gasteiger partial charge < -0.3 is 15.2 Å². The lowest BCUT2D eigenvalue weighted by Crippen LogP contribution is -2.17. The van der Waals surface area contributed by atoms with Gasteiger partial charge in [-0.15, -0.1) is 0 Å². The van der Waals surface area contributed by atoms with Crippen molar-refractivity contribution >= 4 is 40.2 Å². The molecular weight excluding hydrogens is 507 g/mol. The number of ether oxygens (including phenoxy) is 1. The zero-order chi connectivity index (χ0) is 26.4. The van der Waals surface area contributed by atoms with Gasteiger partial charge in [-0.2, -0.15) is 18.3 Å². The molecule has 6 nitrogen and oxygen atoms in total. The van der Waals surface area contributed by atoms with Crippen molar-refractivity contribution in [2.24, 2.45) is 5.10 Å². The van der Waals surface area contributed by atoms with E-state index in [0.29, 0.717) is 18.0 Å². The molecule has 0 saturated heterocycles. The molecule has 10 heteroatoms. The third kappa shape index (κ3) is 6.50. The third-order valence-corrected chi connectivity index (χ3v) is 5.70. The lowest BCUT2D eigenvalue weighted by atomic mass is 10.0. The molecule has 0 aromatic heterocycles. The van der Waals surface area contributed by atoms with Crippen molar-refractivity contribution in [2.75, 3.05) is 18.5 Å². The van der Waals surface area contributed by atoms with Gasteiger partial charge in [0.25, 0.3) is 5.91 Å². The number of alkyl halides is 3. The number of carbonyl (C=O) groups excluding carboxylic acids is 1. The molecule has 0 aliphatic heterocycles. The molecule has 1 amide bonds. The van der Waals surface area contributed by atoms with Gasteiger partial charge in [0.2, 0.25) is 0 Å². The maximum atomic E-state index is 12.7. The van der Waals surface area contributed by atoms with Crippen LogP contribution in [0, 0.1) is 0 Å².